The number of furan rings is 1. The van der Waals surface area contributed by atoms with Gasteiger partial charge >= 0.3 is 5.97 Å². The molecule has 0 saturated carbocycles. The van der Waals surface area contributed by atoms with Gasteiger partial charge in [-0.05, 0) is 37.0 Å². The molecule has 0 aliphatic carbocycles. The molecule has 0 saturated heterocycles. The Morgan fingerprint density at radius 2 is 2.05 bits per heavy atom. The van der Waals surface area contributed by atoms with Crippen LogP contribution in [0.25, 0.3) is 11.0 Å². The molecule has 1 aromatic carbocycles. The standard InChI is InChI=1S/C17H22O3/c1-5-7-15-16(17(18)19-6-2)13-10-12(11(3)4)8-9-14(13)20-15/h8-11H,5-7H2,1-4H3. The lowest BCUT2D eigenvalue weighted by atomic mass is 9.99. The lowest BCUT2D eigenvalue weighted by Crippen LogP contribution is -2.06. The van der Waals surface area contributed by atoms with Gasteiger partial charge in [-0.15, -0.1) is 0 Å². The minimum atomic E-state index is -0.282. The Kier molecular flexibility index (Phi) is 4.48. The molecule has 3 heteroatoms. The Bertz CT molecular complexity index is 608. The number of aryl methyl sites for hydroxylation is 1. The summed E-state index contributed by atoms with van der Waals surface area (Å²) in [7, 11) is 0. The van der Waals surface area contributed by atoms with Crippen molar-refractivity contribution in [3.05, 3.63) is 35.1 Å². The van der Waals surface area contributed by atoms with Crippen molar-refractivity contribution in [1.29, 1.82) is 0 Å². The minimum absolute atomic E-state index is 0.282. The van der Waals surface area contributed by atoms with Crippen molar-refractivity contribution >= 4 is 16.9 Å². The largest absolute Gasteiger partial charge is 0.462 e. The summed E-state index contributed by atoms with van der Waals surface area (Å²) < 4.78 is 11.0. The molecule has 1 aromatic heterocycles. The summed E-state index contributed by atoms with van der Waals surface area (Å²) in [6.45, 7) is 8.54. The van der Waals surface area contributed by atoms with Gasteiger partial charge in [0.2, 0.25) is 0 Å². The van der Waals surface area contributed by atoms with Crippen LogP contribution in [0, 0.1) is 0 Å². The van der Waals surface area contributed by atoms with Gasteiger partial charge in [-0.1, -0.05) is 26.8 Å². The van der Waals surface area contributed by atoms with Crippen molar-refractivity contribution in [2.45, 2.75) is 46.5 Å². The van der Waals surface area contributed by atoms with Crippen molar-refractivity contribution in [2.75, 3.05) is 6.61 Å². The van der Waals surface area contributed by atoms with E-state index in [2.05, 4.69) is 32.9 Å². The highest BCUT2D eigenvalue weighted by Crippen LogP contribution is 2.30. The fourth-order valence-corrected chi connectivity index (χ4v) is 2.36. The van der Waals surface area contributed by atoms with Crippen molar-refractivity contribution in [3.8, 4) is 0 Å². The van der Waals surface area contributed by atoms with Crippen LogP contribution in [0.3, 0.4) is 0 Å². The summed E-state index contributed by atoms with van der Waals surface area (Å²) in [4.78, 5) is 12.2. The minimum Gasteiger partial charge on any atom is -0.462 e. The zero-order valence-electron chi connectivity index (χ0n) is 12.7. The summed E-state index contributed by atoms with van der Waals surface area (Å²) in [5, 5.41) is 0.873. The molecule has 108 valence electrons. The van der Waals surface area contributed by atoms with Gasteiger partial charge < -0.3 is 9.15 Å². The molecule has 2 aromatic rings. The highest BCUT2D eigenvalue weighted by molar-refractivity contribution is 6.04. The number of rotatable bonds is 5. The highest BCUT2D eigenvalue weighted by atomic mass is 16.5. The molecular formula is C17H22O3. The summed E-state index contributed by atoms with van der Waals surface area (Å²) in [6.07, 6.45) is 1.68. The van der Waals surface area contributed by atoms with Gasteiger partial charge in [0, 0.05) is 11.8 Å². The fourth-order valence-electron chi connectivity index (χ4n) is 2.36. The maximum absolute atomic E-state index is 12.2. The third-order valence-electron chi connectivity index (χ3n) is 3.41. The lowest BCUT2D eigenvalue weighted by molar-refractivity contribution is 0.0526. The van der Waals surface area contributed by atoms with Crippen LogP contribution in [0.2, 0.25) is 0 Å². The summed E-state index contributed by atoms with van der Waals surface area (Å²) in [5.74, 6) is 0.872. The van der Waals surface area contributed by atoms with Crippen LogP contribution in [-0.4, -0.2) is 12.6 Å². The van der Waals surface area contributed by atoms with E-state index >= 15 is 0 Å². The first-order valence-electron chi connectivity index (χ1n) is 7.30. The third kappa shape index (κ3) is 2.72. The number of ether oxygens (including phenoxy) is 1. The van der Waals surface area contributed by atoms with Gasteiger partial charge in [-0.3, -0.25) is 0 Å². The molecule has 0 aliphatic rings. The SMILES string of the molecule is CCCc1oc2ccc(C(C)C)cc2c1C(=O)OCC. The Morgan fingerprint density at radius 3 is 2.65 bits per heavy atom. The summed E-state index contributed by atoms with van der Waals surface area (Å²) in [6, 6.07) is 6.06. The molecule has 0 amide bonds. The second-order valence-corrected chi connectivity index (χ2v) is 5.28. The predicted octanol–water partition coefficient (Wildman–Crippen LogP) is 4.69. The molecule has 0 N–H and O–H groups in total. The third-order valence-corrected chi connectivity index (χ3v) is 3.41. The van der Waals surface area contributed by atoms with Gasteiger partial charge in [0.1, 0.15) is 16.9 Å². The molecule has 20 heavy (non-hydrogen) atoms. The maximum atomic E-state index is 12.2. The fraction of sp³-hybridized carbons (Fsp3) is 0.471. The quantitative estimate of drug-likeness (QED) is 0.743. The van der Waals surface area contributed by atoms with E-state index in [4.69, 9.17) is 9.15 Å². The average Bonchev–Trinajstić information content (AvgIpc) is 2.76. The second-order valence-electron chi connectivity index (χ2n) is 5.28. The lowest BCUT2D eigenvalue weighted by Gasteiger charge is -2.05. The van der Waals surface area contributed by atoms with Crippen LogP contribution < -0.4 is 0 Å². The van der Waals surface area contributed by atoms with E-state index in [9.17, 15) is 4.79 Å². The molecule has 0 unspecified atom stereocenters. The number of esters is 1. The van der Waals surface area contributed by atoms with Crippen LogP contribution in [0.1, 0.15) is 61.7 Å². The molecule has 2 rings (SSSR count). The van der Waals surface area contributed by atoms with Crippen LogP contribution >= 0.6 is 0 Å². The van der Waals surface area contributed by atoms with Gasteiger partial charge in [0.05, 0.1) is 6.61 Å². The van der Waals surface area contributed by atoms with Gasteiger partial charge in [-0.25, -0.2) is 4.79 Å². The van der Waals surface area contributed by atoms with E-state index in [1.165, 1.54) is 5.56 Å². The van der Waals surface area contributed by atoms with Gasteiger partial charge in [0.25, 0.3) is 0 Å². The van der Waals surface area contributed by atoms with E-state index in [1.807, 2.05) is 13.0 Å². The van der Waals surface area contributed by atoms with E-state index in [1.54, 1.807) is 0 Å². The maximum Gasteiger partial charge on any atom is 0.342 e. The van der Waals surface area contributed by atoms with E-state index < -0.39 is 0 Å². The first-order valence-corrected chi connectivity index (χ1v) is 7.30. The molecule has 0 radical (unpaired) electrons. The van der Waals surface area contributed by atoms with Crippen molar-refractivity contribution < 1.29 is 13.9 Å². The van der Waals surface area contributed by atoms with Crippen molar-refractivity contribution in [2.24, 2.45) is 0 Å². The molecule has 0 aliphatic heterocycles. The number of hydrogen-bond donors (Lipinski definition) is 0. The van der Waals surface area contributed by atoms with Crippen molar-refractivity contribution in [1.82, 2.24) is 0 Å². The van der Waals surface area contributed by atoms with E-state index in [0.29, 0.717) is 18.1 Å². The number of hydrogen-bond acceptors (Lipinski definition) is 3. The average molecular weight is 274 g/mol. The van der Waals surface area contributed by atoms with Crippen LogP contribution in [-0.2, 0) is 11.2 Å². The zero-order chi connectivity index (χ0) is 14.7. The first kappa shape index (κ1) is 14.6. The normalized spacial score (nSPS) is 11.2. The number of carbonyl (C=O) groups is 1. The smallest absolute Gasteiger partial charge is 0.342 e. The first-order chi connectivity index (χ1) is 9.58. The molecule has 0 atom stereocenters. The summed E-state index contributed by atoms with van der Waals surface area (Å²) in [5.41, 5.74) is 2.57. The molecule has 0 spiro atoms. The Hall–Kier alpha value is -1.77. The Morgan fingerprint density at radius 1 is 1.30 bits per heavy atom. The zero-order valence-corrected chi connectivity index (χ0v) is 12.7. The topological polar surface area (TPSA) is 39.4 Å². The number of fused-ring (bicyclic) bond motifs is 1. The summed E-state index contributed by atoms with van der Waals surface area (Å²) >= 11 is 0. The number of benzene rings is 1. The molecule has 0 bridgehead atoms. The molecule has 1 heterocycles. The van der Waals surface area contributed by atoms with Crippen LogP contribution in [0.5, 0.6) is 0 Å². The molecule has 0 fully saturated rings. The molecular weight excluding hydrogens is 252 g/mol. The monoisotopic (exact) mass is 274 g/mol. The predicted molar refractivity (Wildman–Crippen MR) is 80.3 cm³/mol. The van der Waals surface area contributed by atoms with Crippen LogP contribution in [0.4, 0.5) is 0 Å². The Balaban J connectivity index is 2.61. The van der Waals surface area contributed by atoms with E-state index in [-0.39, 0.29) is 5.97 Å². The van der Waals surface area contributed by atoms with E-state index in [0.717, 1.165) is 29.6 Å². The van der Waals surface area contributed by atoms with Crippen LogP contribution in [0.15, 0.2) is 22.6 Å². The van der Waals surface area contributed by atoms with Gasteiger partial charge in [0.15, 0.2) is 0 Å². The van der Waals surface area contributed by atoms with Crippen molar-refractivity contribution in [3.63, 3.8) is 0 Å². The highest BCUT2D eigenvalue weighted by Gasteiger charge is 2.21. The number of carbonyl (C=O) groups excluding carboxylic acids is 1. The second kappa shape index (κ2) is 6.12. The Labute approximate surface area is 119 Å². The molecule has 3 nitrogen and oxygen atoms in total. The van der Waals surface area contributed by atoms with Gasteiger partial charge in [-0.2, -0.15) is 0 Å².